The second-order valence-corrected chi connectivity index (χ2v) is 10.0. The standard InChI is InChI=1S/C23H14S3/c1-13-2-5-20(25-13)23-10-17-9-15-4-3-14-8-16-6-7-24-21(16)11-18(14)19(15)12-22(17)26-23/h2-12H,1H3. The van der Waals surface area contributed by atoms with Crippen molar-refractivity contribution in [1.82, 2.24) is 0 Å². The highest BCUT2D eigenvalue weighted by atomic mass is 32.1. The van der Waals surface area contributed by atoms with Gasteiger partial charge in [-0.1, -0.05) is 12.1 Å². The summed E-state index contributed by atoms with van der Waals surface area (Å²) in [4.78, 5) is 4.12. The van der Waals surface area contributed by atoms with Gasteiger partial charge in [-0.15, -0.1) is 34.0 Å². The Morgan fingerprint density at radius 1 is 0.577 bits per heavy atom. The topological polar surface area (TPSA) is 0 Å². The van der Waals surface area contributed by atoms with Crippen LogP contribution in [0.25, 0.3) is 51.5 Å². The van der Waals surface area contributed by atoms with Crippen LogP contribution >= 0.6 is 34.0 Å². The average Bonchev–Trinajstić information content (AvgIpc) is 3.36. The van der Waals surface area contributed by atoms with Crippen molar-refractivity contribution in [2.45, 2.75) is 6.92 Å². The van der Waals surface area contributed by atoms with Crippen LogP contribution < -0.4 is 0 Å². The maximum Gasteiger partial charge on any atom is 0.0455 e. The molecule has 0 nitrogen and oxygen atoms in total. The predicted molar refractivity (Wildman–Crippen MR) is 120 cm³/mol. The van der Waals surface area contributed by atoms with Gasteiger partial charge in [0.05, 0.1) is 0 Å². The quantitative estimate of drug-likeness (QED) is 0.249. The van der Waals surface area contributed by atoms with Crippen molar-refractivity contribution >= 4 is 75.7 Å². The molecule has 3 aromatic carbocycles. The van der Waals surface area contributed by atoms with Crippen molar-refractivity contribution in [1.29, 1.82) is 0 Å². The fraction of sp³-hybridized carbons (Fsp3) is 0.0435. The van der Waals surface area contributed by atoms with E-state index in [1.54, 1.807) is 0 Å². The molecular formula is C23H14S3. The minimum Gasteiger partial charge on any atom is -0.144 e. The minimum absolute atomic E-state index is 1.33. The number of fused-ring (bicyclic) bond motifs is 5. The van der Waals surface area contributed by atoms with Gasteiger partial charge in [0.2, 0.25) is 0 Å². The zero-order valence-corrected chi connectivity index (χ0v) is 16.5. The van der Waals surface area contributed by atoms with Crippen LogP contribution in [0.5, 0.6) is 0 Å². The normalized spacial score (nSPS) is 12.0. The molecule has 0 aliphatic carbocycles. The lowest BCUT2D eigenvalue weighted by molar-refractivity contribution is 1.64. The molecule has 0 atom stereocenters. The summed E-state index contributed by atoms with van der Waals surface area (Å²) >= 11 is 5.60. The van der Waals surface area contributed by atoms with Gasteiger partial charge in [-0.25, -0.2) is 0 Å². The Balaban J connectivity index is 1.67. The number of benzene rings is 3. The molecule has 0 saturated carbocycles. The molecule has 6 aromatic rings. The predicted octanol–water partition coefficient (Wildman–Crippen LogP) is 8.46. The molecule has 6 rings (SSSR count). The first kappa shape index (κ1) is 14.9. The van der Waals surface area contributed by atoms with Gasteiger partial charge in [-0.3, -0.25) is 0 Å². The SMILES string of the molecule is Cc1ccc(-c2cc3cc4ccc5cc6ccsc6cc5c4cc3s2)s1. The average molecular weight is 387 g/mol. The Hall–Kier alpha value is -2.20. The van der Waals surface area contributed by atoms with Crippen molar-refractivity contribution in [2.75, 3.05) is 0 Å². The minimum atomic E-state index is 1.33. The van der Waals surface area contributed by atoms with Gasteiger partial charge in [0.1, 0.15) is 0 Å². The number of aryl methyl sites for hydroxylation is 1. The van der Waals surface area contributed by atoms with Gasteiger partial charge >= 0.3 is 0 Å². The molecular weight excluding hydrogens is 372 g/mol. The first-order valence-electron chi connectivity index (χ1n) is 8.59. The number of rotatable bonds is 1. The molecule has 124 valence electrons. The third kappa shape index (κ3) is 2.18. The van der Waals surface area contributed by atoms with Crippen molar-refractivity contribution in [3.63, 3.8) is 0 Å². The Labute approximate surface area is 163 Å². The maximum absolute atomic E-state index is 2.39. The van der Waals surface area contributed by atoms with E-state index < -0.39 is 0 Å². The summed E-state index contributed by atoms with van der Waals surface area (Å²) in [5.74, 6) is 0. The molecule has 0 aliphatic heterocycles. The summed E-state index contributed by atoms with van der Waals surface area (Å²) < 4.78 is 2.74. The molecule has 3 heteroatoms. The fourth-order valence-corrected chi connectivity index (χ4v) is 6.58. The molecule has 3 heterocycles. The van der Waals surface area contributed by atoms with Crippen LogP contribution in [-0.4, -0.2) is 0 Å². The molecule has 0 aliphatic rings. The number of hydrogen-bond donors (Lipinski definition) is 0. The van der Waals surface area contributed by atoms with Gasteiger partial charge in [-0.2, -0.15) is 0 Å². The van der Waals surface area contributed by atoms with Crippen LogP contribution in [0, 0.1) is 6.92 Å². The van der Waals surface area contributed by atoms with E-state index in [2.05, 4.69) is 73.0 Å². The molecule has 0 amide bonds. The molecule has 0 N–H and O–H groups in total. The molecule has 0 spiro atoms. The van der Waals surface area contributed by atoms with Crippen LogP contribution in [0.1, 0.15) is 4.88 Å². The van der Waals surface area contributed by atoms with E-state index in [-0.39, 0.29) is 0 Å². The van der Waals surface area contributed by atoms with E-state index in [0.717, 1.165) is 0 Å². The summed E-state index contributed by atoms with van der Waals surface area (Å²) in [6.45, 7) is 2.17. The maximum atomic E-state index is 2.39. The Kier molecular flexibility index (Phi) is 3.10. The summed E-state index contributed by atoms with van der Waals surface area (Å²) in [5, 5.41) is 10.2. The Morgan fingerprint density at radius 3 is 2.12 bits per heavy atom. The first-order chi connectivity index (χ1) is 12.7. The van der Waals surface area contributed by atoms with Gasteiger partial charge < -0.3 is 0 Å². The van der Waals surface area contributed by atoms with E-state index >= 15 is 0 Å². The van der Waals surface area contributed by atoms with E-state index in [4.69, 9.17) is 0 Å². The zero-order valence-electron chi connectivity index (χ0n) is 14.1. The molecule has 0 fully saturated rings. The lowest BCUT2D eigenvalue weighted by Gasteiger charge is -2.05. The molecule has 0 bridgehead atoms. The van der Waals surface area contributed by atoms with E-state index in [0.29, 0.717) is 0 Å². The van der Waals surface area contributed by atoms with Crippen molar-refractivity contribution in [2.24, 2.45) is 0 Å². The largest absolute Gasteiger partial charge is 0.144 e. The summed E-state index contributed by atoms with van der Waals surface area (Å²) in [5.41, 5.74) is 0. The lowest BCUT2D eigenvalue weighted by atomic mass is 10.00. The highest BCUT2D eigenvalue weighted by Gasteiger charge is 2.10. The summed E-state index contributed by atoms with van der Waals surface area (Å²) in [6, 6.07) is 23.0. The molecule has 0 saturated heterocycles. The van der Waals surface area contributed by atoms with Crippen LogP contribution in [0.15, 0.2) is 66.0 Å². The third-order valence-corrected chi connectivity index (χ3v) is 8.20. The Bertz CT molecular complexity index is 1440. The van der Waals surface area contributed by atoms with Crippen molar-refractivity contribution in [3.05, 3.63) is 70.9 Å². The molecule has 0 unspecified atom stereocenters. The highest BCUT2D eigenvalue weighted by molar-refractivity contribution is 7.26. The van der Waals surface area contributed by atoms with Crippen LogP contribution in [0.4, 0.5) is 0 Å². The van der Waals surface area contributed by atoms with Crippen molar-refractivity contribution < 1.29 is 0 Å². The second kappa shape index (κ2) is 5.40. The van der Waals surface area contributed by atoms with E-state index in [9.17, 15) is 0 Å². The van der Waals surface area contributed by atoms with Crippen LogP contribution in [0.3, 0.4) is 0 Å². The highest BCUT2D eigenvalue weighted by Crippen LogP contribution is 2.40. The van der Waals surface area contributed by atoms with Gasteiger partial charge in [0.25, 0.3) is 0 Å². The van der Waals surface area contributed by atoms with Crippen LogP contribution in [-0.2, 0) is 0 Å². The monoisotopic (exact) mass is 386 g/mol. The summed E-state index contributed by atoms with van der Waals surface area (Å²) in [6.07, 6.45) is 0. The number of thiophene rings is 3. The van der Waals surface area contributed by atoms with Gasteiger partial charge in [-0.05, 0) is 93.2 Å². The molecule has 26 heavy (non-hydrogen) atoms. The zero-order chi connectivity index (χ0) is 17.3. The van der Waals surface area contributed by atoms with E-state index in [1.807, 2.05) is 34.0 Å². The lowest BCUT2D eigenvalue weighted by Crippen LogP contribution is -1.78. The molecule has 3 aromatic heterocycles. The second-order valence-electron chi connectivity index (χ2n) is 6.73. The van der Waals surface area contributed by atoms with Crippen molar-refractivity contribution in [3.8, 4) is 9.75 Å². The van der Waals surface area contributed by atoms with E-state index in [1.165, 1.54) is 56.3 Å². The Morgan fingerprint density at radius 2 is 1.35 bits per heavy atom. The number of hydrogen-bond acceptors (Lipinski definition) is 3. The van der Waals surface area contributed by atoms with Gasteiger partial charge in [0, 0.05) is 24.0 Å². The smallest absolute Gasteiger partial charge is 0.0455 e. The summed E-state index contributed by atoms with van der Waals surface area (Å²) in [7, 11) is 0. The molecule has 0 radical (unpaired) electrons. The van der Waals surface area contributed by atoms with Crippen LogP contribution in [0.2, 0.25) is 0 Å². The third-order valence-electron chi connectivity index (χ3n) is 5.03. The fourth-order valence-electron chi connectivity index (χ4n) is 3.74. The van der Waals surface area contributed by atoms with Gasteiger partial charge in [0.15, 0.2) is 0 Å². The first-order valence-corrected chi connectivity index (χ1v) is 11.1.